The molecule has 0 spiro atoms. The third-order valence-corrected chi connectivity index (χ3v) is 1.99. The summed E-state index contributed by atoms with van der Waals surface area (Å²) < 4.78 is 10.3. The SMILES string of the molecule is Nc1cc(OCCOCCO)ccc1C(=O)O. The lowest BCUT2D eigenvalue weighted by atomic mass is 10.2. The van der Waals surface area contributed by atoms with E-state index in [0.717, 1.165) is 0 Å². The van der Waals surface area contributed by atoms with Crippen molar-refractivity contribution in [1.82, 2.24) is 0 Å². The van der Waals surface area contributed by atoms with Gasteiger partial charge in [-0.25, -0.2) is 4.79 Å². The minimum atomic E-state index is -1.07. The second-order valence-corrected chi connectivity index (χ2v) is 3.24. The van der Waals surface area contributed by atoms with Gasteiger partial charge in [0.25, 0.3) is 0 Å². The van der Waals surface area contributed by atoms with Crippen LogP contribution in [0.3, 0.4) is 0 Å². The number of aromatic carboxylic acids is 1. The highest BCUT2D eigenvalue weighted by Gasteiger charge is 2.08. The summed E-state index contributed by atoms with van der Waals surface area (Å²) in [7, 11) is 0. The third-order valence-electron chi connectivity index (χ3n) is 1.99. The molecule has 0 bridgehead atoms. The Hall–Kier alpha value is -1.79. The summed E-state index contributed by atoms with van der Waals surface area (Å²) in [5.41, 5.74) is 5.76. The van der Waals surface area contributed by atoms with Gasteiger partial charge in [0, 0.05) is 11.8 Å². The highest BCUT2D eigenvalue weighted by molar-refractivity contribution is 5.93. The summed E-state index contributed by atoms with van der Waals surface area (Å²) in [6.07, 6.45) is 0. The van der Waals surface area contributed by atoms with Crippen molar-refractivity contribution in [3.8, 4) is 5.75 Å². The van der Waals surface area contributed by atoms with E-state index in [-0.39, 0.29) is 24.5 Å². The average Bonchev–Trinajstić information content (AvgIpc) is 2.28. The molecule has 0 aliphatic carbocycles. The molecule has 1 aromatic rings. The molecule has 4 N–H and O–H groups in total. The van der Waals surface area contributed by atoms with Crippen LogP contribution in [0.5, 0.6) is 5.75 Å². The van der Waals surface area contributed by atoms with Crippen LogP contribution in [-0.2, 0) is 4.74 Å². The molecule has 1 aromatic carbocycles. The normalized spacial score (nSPS) is 10.2. The highest BCUT2D eigenvalue weighted by Crippen LogP contribution is 2.19. The first-order chi connectivity index (χ1) is 8.15. The predicted octanol–water partition coefficient (Wildman–Crippen LogP) is 0.355. The highest BCUT2D eigenvalue weighted by atomic mass is 16.5. The van der Waals surface area contributed by atoms with Gasteiger partial charge in [0.2, 0.25) is 0 Å². The van der Waals surface area contributed by atoms with Crippen molar-refractivity contribution in [3.63, 3.8) is 0 Å². The monoisotopic (exact) mass is 241 g/mol. The number of aliphatic hydroxyl groups excluding tert-OH is 1. The van der Waals surface area contributed by atoms with Gasteiger partial charge in [-0.2, -0.15) is 0 Å². The lowest BCUT2D eigenvalue weighted by Crippen LogP contribution is -2.09. The molecule has 0 atom stereocenters. The van der Waals surface area contributed by atoms with Gasteiger partial charge in [0.05, 0.1) is 25.4 Å². The van der Waals surface area contributed by atoms with Crippen molar-refractivity contribution in [2.45, 2.75) is 0 Å². The Kier molecular flexibility index (Phi) is 5.25. The van der Waals surface area contributed by atoms with Gasteiger partial charge in [-0.05, 0) is 12.1 Å². The summed E-state index contributed by atoms with van der Waals surface area (Å²) in [6.45, 7) is 0.900. The molecule has 0 saturated carbocycles. The Morgan fingerprint density at radius 3 is 2.65 bits per heavy atom. The molecule has 0 unspecified atom stereocenters. The Morgan fingerprint density at radius 1 is 1.29 bits per heavy atom. The zero-order valence-electron chi connectivity index (χ0n) is 9.26. The number of aliphatic hydroxyl groups is 1. The number of nitrogens with two attached hydrogens (primary N) is 1. The van der Waals surface area contributed by atoms with Crippen LogP contribution in [0.25, 0.3) is 0 Å². The van der Waals surface area contributed by atoms with Crippen LogP contribution in [0.4, 0.5) is 5.69 Å². The number of carboxylic acid groups (broad SMARTS) is 1. The van der Waals surface area contributed by atoms with Crippen LogP contribution in [0, 0.1) is 0 Å². The molecule has 17 heavy (non-hydrogen) atoms. The molecule has 0 aliphatic heterocycles. The topological polar surface area (TPSA) is 102 Å². The number of hydrogen-bond acceptors (Lipinski definition) is 5. The maximum Gasteiger partial charge on any atom is 0.337 e. The Morgan fingerprint density at radius 2 is 2.06 bits per heavy atom. The lowest BCUT2D eigenvalue weighted by Gasteiger charge is -2.08. The van der Waals surface area contributed by atoms with E-state index >= 15 is 0 Å². The van der Waals surface area contributed by atoms with Crippen molar-refractivity contribution in [3.05, 3.63) is 23.8 Å². The van der Waals surface area contributed by atoms with Crippen LogP contribution in [0.1, 0.15) is 10.4 Å². The van der Waals surface area contributed by atoms with E-state index in [2.05, 4.69) is 0 Å². The van der Waals surface area contributed by atoms with Crippen LogP contribution < -0.4 is 10.5 Å². The zero-order valence-corrected chi connectivity index (χ0v) is 9.26. The minimum Gasteiger partial charge on any atom is -0.491 e. The number of benzene rings is 1. The van der Waals surface area contributed by atoms with E-state index < -0.39 is 5.97 Å². The Bertz CT molecular complexity index is 380. The summed E-state index contributed by atoms with van der Waals surface area (Å²) in [4.78, 5) is 10.7. The Labute approximate surface area is 98.6 Å². The van der Waals surface area contributed by atoms with Gasteiger partial charge in [-0.3, -0.25) is 0 Å². The van der Waals surface area contributed by atoms with Gasteiger partial charge in [0.15, 0.2) is 0 Å². The molecule has 1 rings (SSSR count). The van der Waals surface area contributed by atoms with Crippen molar-refractivity contribution in [1.29, 1.82) is 0 Å². The first-order valence-corrected chi connectivity index (χ1v) is 5.09. The molecule has 6 heteroatoms. The van der Waals surface area contributed by atoms with E-state index in [1.165, 1.54) is 18.2 Å². The molecule has 0 aliphatic rings. The van der Waals surface area contributed by atoms with Crippen LogP contribution >= 0.6 is 0 Å². The van der Waals surface area contributed by atoms with Crippen molar-refractivity contribution in [2.24, 2.45) is 0 Å². The van der Waals surface area contributed by atoms with E-state index in [1.807, 2.05) is 0 Å². The van der Waals surface area contributed by atoms with Crippen molar-refractivity contribution >= 4 is 11.7 Å². The maximum atomic E-state index is 10.7. The van der Waals surface area contributed by atoms with Gasteiger partial charge < -0.3 is 25.4 Å². The first-order valence-electron chi connectivity index (χ1n) is 5.09. The molecule has 6 nitrogen and oxygen atoms in total. The van der Waals surface area contributed by atoms with Gasteiger partial charge >= 0.3 is 5.97 Å². The maximum absolute atomic E-state index is 10.7. The van der Waals surface area contributed by atoms with Crippen LogP contribution in [0.15, 0.2) is 18.2 Å². The van der Waals surface area contributed by atoms with Crippen molar-refractivity contribution < 1.29 is 24.5 Å². The van der Waals surface area contributed by atoms with Gasteiger partial charge in [0.1, 0.15) is 12.4 Å². The second kappa shape index (κ2) is 6.72. The smallest absolute Gasteiger partial charge is 0.337 e. The first kappa shape index (κ1) is 13.3. The fraction of sp³-hybridized carbons (Fsp3) is 0.364. The molecule has 0 radical (unpaired) electrons. The number of nitrogen functional groups attached to an aromatic ring is 1. The summed E-state index contributed by atoms with van der Waals surface area (Å²) in [5.74, 6) is -0.583. The molecular formula is C11H15NO5. The zero-order chi connectivity index (χ0) is 12.7. The molecule has 0 saturated heterocycles. The standard InChI is InChI=1S/C11H15NO5/c12-10-7-8(1-2-9(10)11(14)15)17-6-5-16-4-3-13/h1-2,7,13H,3-6,12H2,(H,14,15). The number of carboxylic acids is 1. The molecule has 0 fully saturated rings. The van der Waals surface area contributed by atoms with Crippen LogP contribution in [-0.4, -0.2) is 42.6 Å². The van der Waals surface area contributed by atoms with Crippen LogP contribution in [0.2, 0.25) is 0 Å². The number of carbonyl (C=O) groups is 1. The summed E-state index contributed by atoms with van der Waals surface area (Å²) in [5, 5.41) is 17.2. The van der Waals surface area contributed by atoms with E-state index in [0.29, 0.717) is 19.0 Å². The largest absolute Gasteiger partial charge is 0.491 e. The number of anilines is 1. The fourth-order valence-corrected chi connectivity index (χ4v) is 1.21. The fourth-order valence-electron chi connectivity index (χ4n) is 1.21. The number of rotatable bonds is 7. The Balaban J connectivity index is 2.45. The average molecular weight is 241 g/mol. The van der Waals surface area contributed by atoms with Gasteiger partial charge in [-0.1, -0.05) is 0 Å². The van der Waals surface area contributed by atoms with Gasteiger partial charge in [-0.15, -0.1) is 0 Å². The molecule has 0 amide bonds. The number of hydrogen-bond donors (Lipinski definition) is 3. The third kappa shape index (κ3) is 4.29. The molecule has 0 aromatic heterocycles. The second-order valence-electron chi connectivity index (χ2n) is 3.24. The minimum absolute atomic E-state index is 0.0275. The molecule has 94 valence electrons. The molecular weight excluding hydrogens is 226 g/mol. The summed E-state index contributed by atoms with van der Waals surface area (Å²) >= 11 is 0. The van der Waals surface area contributed by atoms with Crippen molar-refractivity contribution in [2.75, 3.05) is 32.2 Å². The predicted molar refractivity (Wildman–Crippen MR) is 61.2 cm³/mol. The molecule has 0 heterocycles. The lowest BCUT2D eigenvalue weighted by molar-refractivity contribution is 0.0695. The van der Waals surface area contributed by atoms with E-state index in [9.17, 15) is 4.79 Å². The quantitative estimate of drug-likeness (QED) is 0.470. The summed E-state index contributed by atoms with van der Waals surface area (Å²) in [6, 6.07) is 4.38. The number of ether oxygens (including phenoxy) is 2. The van der Waals surface area contributed by atoms with E-state index in [4.69, 9.17) is 25.4 Å². The van der Waals surface area contributed by atoms with E-state index in [1.54, 1.807) is 0 Å².